The van der Waals surface area contributed by atoms with Gasteiger partial charge in [-0.1, -0.05) is 6.07 Å². The number of nitrogens with one attached hydrogen (secondary N) is 2. The van der Waals surface area contributed by atoms with Crippen LogP contribution < -0.4 is 10.6 Å². The molecule has 2 aromatic heterocycles. The lowest BCUT2D eigenvalue weighted by Crippen LogP contribution is -2.39. The Bertz CT molecular complexity index is 595. The molecule has 2 rings (SSSR count). The molecule has 0 aliphatic carbocycles. The van der Waals surface area contributed by atoms with Gasteiger partial charge in [-0.2, -0.15) is 0 Å². The minimum absolute atomic E-state index is 0.810. The van der Waals surface area contributed by atoms with Gasteiger partial charge in [0.1, 0.15) is 0 Å². The molecule has 2 aromatic rings. The quantitative estimate of drug-likeness (QED) is 0.630. The molecule has 0 spiro atoms. The third kappa shape index (κ3) is 5.16. The Kier molecular flexibility index (Phi) is 6.36. The molecule has 0 aliphatic heterocycles. The van der Waals surface area contributed by atoms with E-state index in [-0.39, 0.29) is 0 Å². The van der Waals surface area contributed by atoms with Crippen LogP contribution in [0.5, 0.6) is 0 Å². The molecule has 0 saturated heterocycles. The molecule has 0 fully saturated rings. The van der Waals surface area contributed by atoms with E-state index in [0.29, 0.717) is 0 Å². The SMILES string of the molecule is CN=C(NCCc1ccccn1)NCCc1ccncc1C. The van der Waals surface area contributed by atoms with Gasteiger partial charge in [0, 0.05) is 50.8 Å². The van der Waals surface area contributed by atoms with Crippen molar-refractivity contribution in [1.29, 1.82) is 0 Å². The standard InChI is InChI=1S/C17H23N5/c1-14-13-19-10-6-15(14)7-11-21-17(18-2)22-12-8-16-5-3-4-9-20-16/h3-6,9-10,13H,7-8,11-12H2,1-2H3,(H2,18,21,22). The fourth-order valence-electron chi connectivity index (χ4n) is 2.17. The van der Waals surface area contributed by atoms with Crippen LogP contribution in [0.15, 0.2) is 47.8 Å². The molecular weight excluding hydrogens is 274 g/mol. The van der Waals surface area contributed by atoms with Crippen molar-refractivity contribution in [2.24, 2.45) is 4.99 Å². The van der Waals surface area contributed by atoms with Crippen molar-refractivity contribution in [1.82, 2.24) is 20.6 Å². The molecule has 22 heavy (non-hydrogen) atoms. The van der Waals surface area contributed by atoms with Gasteiger partial charge in [0.25, 0.3) is 0 Å². The highest BCUT2D eigenvalue weighted by atomic mass is 15.2. The number of hydrogen-bond donors (Lipinski definition) is 2. The van der Waals surface area contributed by atoms with Crippen LogP contribution in [0.3, 0.4) is 0 Å². The topological polar surface area (TPSA) is 62.2 Å². The summed E-state index contributed by atoms with van der Waals surface area (Å²) in [7, 11) is 1.79. The molecule has 0 amide bonds. The maximum atomic E-state index is 4.31. The first-order valence-electron chi connectivity index (χ1n) is 7.53. The number of rotatable bonds is 6. The lowest BCUT2D eigenvalue weighted by Gasteiger charge is -2.12. The number of aromatic nitrogens is 2. The molecule has 0 atom stereocenters. The van der Waals surface area contributed by atoms with E-state index < -0.39 is 0 Å². The largest absolute Gasteiger partial charge is 0.356 e. The molecular formula is C17H23N5. The number of aryl methyl sites for hydroxylation is 1. The molecule has 0 saturated carbocycles. The number of guanidine groups is 1. The second-order valence-electron chi connectivity index (χ2n) is 5.05. The van der Waals surface area contributed by atoms with E-state index in [2.05, 4.69) is 38.6 Å². The minimum Gasteiger partial charge on any atom is -0.356 e. The van der Waals surface area contributed by atoms with Crippen LogP contribution >= 0.6 is 0 Å². The van der Waals surface area contributed by atoms with Crippen LogP contribution in [-0.2, 0) is 12.8 Å². The summed E-state index contributed by atoms with van der Waals surface area (Å²) in [5.74, 6) is 0.822. The Balaban J connectivity index is 1.70. The normalized spacial score (nSPS) is 11.3. The van der Waals surface area contributed by atoms with Crippen molar-refractivity contribution in [3.05, 3.63) is 59.7 Å². The Hall–Kier alpha value is -2.43. The van der Waals surface area contributed by atoms with E-state index in [4.69, 9.17) is 0 Å². The van der Waals surface area contributed by atoms with Crippen molar-refractivity contribution in [3.63, 3.8) is 0 Å². The average Bonchev–Trinajstić information content (AvgIpc) is 2.56. The smallest absolute Gasteiger partial charge is 0.190 e. The second kappa shape index (κ2) is 8.77. The van der Waals surface area contributed by atoms with Gasteiger partial charge in [-0.05, 0) is 42.7 Å². The van der Waals surface area contributed by atoms with E-state index in [1.165, 1.54) is 11.1 Å². The van der Waals surface area contributed by atoms with Crippen molar-refractivity contribution in [2.75, 3.05) is 20.1 Å². The van der Waals surface area contributed by atoms with Crippen molar-refractivity contribution >= 4 is 5.96 Å². The summed E-state index contributed by atoms with van der Waals surface area (Å²) >= 11 is 0. The third-order valence-electron chi connectivity index (χ3n) is 3.45. The Morgan fingerprint density at radius 3 is 2.59 bits per heavy atom. The molecule has 0 aromatic carbocycles. The van der Waals surface area contributed by atoms with E-state index in [1.807, 2.05) is 36.8 Å². The highest BCUT2D eigenvalue weighted by Crippen LogP contribution is 2.04. The van der Waals surface area contributed by atoms with E-state index in [1.54, 1.807) is 7.05 Å². The van der Waals surface area contributed by atoms with Crippen LogP contribution in [0.25, 0.3) is 0 Å². The van der Waals surface area contributed by atoms with Gasteiger partial charge in [-0.15, -0.1) is 0 Å². The van der Waals surface area contributed by atoms with Crippen LogP contribution in [0.4, 0.5) is 0 Å². The van der Waals surface area contributed by atoms with Crippen LogP contribution in [0.1, 0.15) is 16.8 Å². The third-order valence-corrected chi connectivity index (χ3v) is 3.45. The van der Waals surface area contributed by atoms with Crippen LogP contribution in [0, 0.1) is 6.92 Å². The molecule has 2 heterocycles. The summed E-state index contributed by atoms with van der Waals surface area (Å²) in [5.41, 5.74) is 3.62. The van der Waals surface area contributed by atoms with Crippen molar-refractivity contribution < 1.29 is 0 Å². The molecule has 116 valence electrons. The average molecular weight is 297 g/mol. The van der Waals surface area contributed by atoms with Gasteiger partial charge in [-0.3, -0.25) is 15.0 Å². The van der Waals surface area contributed by atoms with Gasteiger partial charge < -0.3 is 10.6 Å². The fourth-order valence-corrected chi connectivity index (χ4v) is 2.17. The first-order chi connectivity index (χ1) is 10.8. The first-order valence-corrected chi connectivity index (χ1v) is 7.53. The number of nitrogens with zero attached hydrogens (tertiary/aromatic N) is 3. The maximum Gasteiger partial charge on any atom is 0.190 e. The zero-order valence-electron chi connectivity index (χ0n) is 13.2. The number of hydrogen-bond acceptors (Lipinski definition) is 3. The summed E-state index contributed by atoms with van der Waals surface area (Å²) in [4.78, 5) is 12.7. The van der Waals surface area contributed by atoms with Crippen molar-refractivity contribution in [2.45, 2.75) is 19.8 Å². The van der Waals surface area contributed by atoms with Gasteiger partial charge in [0.05, 0.1) is 0 Å². The molecule has 5 nitrogen and oxygen atoms in total. The summed E-state index contributed by atoms with van der Waals surface area (Å²) in [6.07, 6.45) is 7.39. The first kappa shape index (κ1) is 15.9. The lowest BCUT2D eigenvalue weighted by molar-refractivity contribution is 0.774. The highest BCUT2D eigenvalue weighted by Gasteiger charge is 2.00. The zero-order valence-corrected chi connectivity index (χ0v) is 13.2. The zero-order chi connectivity index (χ0) is 15.6. The summed E-state index contributed by atoms with van der Waals surface area (Å²) < 4.78 is 0. The van der Waals surface area contributed by atoms with Crippen LogP contribution in [-0.4, -0.2) is 36.1 Å². The van der Waals surface area contributed by atoms with E-state index in [9.17, 15) is 0 Å². The van der Waals surface area contributed by atoms with Gasteiger partial charge in [-0.25, -0.2) is 0 Å². The molecule has 5 heteroatoms. The highest BCUT2D eigenvalue weighted by molar-refractivity contribution is 5.79. The monoisotopic (exact) mass is 297 g/mol. The predicted molar refractivity (Wildman–Crippen MR) is 90.0 cm³/mol. The fraction of sp³-hybridized carbons (Fsp3) is 0.353. The Morgan fingerprint density at radius 1 is 1.09 bits per heavy atom. The summed E-state index contributed by atoms with van der Waals surface area (Å²) in [6, 6.07) is 8.03. The number of aliphatic imine (C=N–C) groups is 1. The summed E-state index contributed by atoms with van der Waals surface area (Å²) in [5, 5.41) is 6.63. The molecule has 0 unspecified atom stereocenters. The Morgan fingerprint density at radius 2 is 1.91 bits per heavy atom. The van der Waals surface area contributed by atoms with Gasteiger partial charge in [0.2, 0.25) is 0 Å². The molecule has 2 N–H and O–H groups in total. The second-order valence-corrected chi connectivity index (χ2v) is 5.05. The maximum absolute atomic E-state index is 4.31. The molecule has 0 aliphatic rings. The molecule has 0 bridgehead atoms. The Labute approximate surface area is 131 Å². The number of pyridine rings is 2. The minimum atomic E-state index is 0.810. The lowest BCUT2D eigenvalue weighted by atomic mass is 10.1. The van der Waals surface area contributed by atoms with Gasteiger partial charge in [0.15, 0.2) is 5.96 Å². The van der Waals surface area contributed by atoms with Gasteiger partial charge >= 0.3 is 0 Å². The van der Waals surface area contributed by atoms with E-state index in [0.717, 1.165) is 37.6 Å². The van der Waals surface area contributed by atoms with Crippen molar-refractivity contribution in [3.8, 4) is 0 Å². The van der Waals surface area contributed by atoms with E-state index >= 15 is 0 Å². The summed E-state index contributed by atoms with van der Waals surface area (Å²) in [6.45, 7) is 3.74. The molecule has 0 radical (unpaired) electrons. The predicted octanol–water partition coefficient (Wildman–Crippen LogP) is 1.74. The van der Waals surface area contributed by atoms with Crippen LogP contribution in [0.2, 0.25) is 0 Å².